The Morgan fingerprint density at radius 1 is 1.00 bits per heavy atom. The van der Waals surface area contributed by atoms with E-state index < -0.39 is 14.8 Å². The molecule has 0 unspecified atom stereocenters. The van der Waals surface area contributed by atoms with Gasteiger partial charge in [-0.25, -0.2) is 0 Å². The van der Waals surface area contributed by atoms with Gasteiger partial charge in [0.1, 0.15) is 0 Å². The number of benzene rings is 1. The first-order valence-electron chi connectivity index (χ1n) is 2.68. The van der Waals surface area contributed by atoms with Crippen LogP contribution in [0.2, 0.25) is 0 Å². The van der Waals surface area contributed by atoms with Crippen LogP contribution in [0.4, 0.5) is 0 Å². The molecule has 0 spiro atoms. The summed E-state index contributed by atoms with van der Waals surface area (Å²) in [6, 6.07) is 7.45. The van der Waals surface area contributed by atoms with E-state index in [-0.39, 0.29) is 0 Å². The summed E-state index contributed by atoms with van der Waals surface area (Å²) in [6.45, 7) is 0. The molecule has 0 aliphatic carbocycles. The molecule has 11 heavy (non-hydrogen) atoms. The van der Waals surface area contributed by atoms with Crippen molar-refractivity contribution < 1.29 is 0 Å². The van der Waals surface area contributed by atoms with Gasteiger partial charge in [0.15, 0.2) is 0 Å². The molecule has 1 aromatic carbocycles. The van der Waals surface area contributed by atoms with Gasteiger partial charge < -0.3 is 0 Å². The summed E-state index contributed by atoms with van der Waals surface area (Å²) in [5.74, 6) is 0. The number of hydrogen-bond acceptors (Lipinski definition) is 0. The summed E-state index contributed by atoms with van der Waals surface area (Å²) in [5.41, 5.74) is 0. The molecule has 0 nitrogen and oxygen atoms in total. The molecule has 0 aliphatic heterocycles. The van der Waals surface area contributed by atoms with Crippen LogP contribution in [0.15, 0.2) is 28.7 Å². The summed E-state index contributed by atoms with van der Waals surface area (Å²) in [5, 5.41) is 0. The Morgan fingerprint density at radius 2 is 1.45 bits per heavy atom. The zero-order valence-corrected chi connectivity index (χ0v) is 11.4. The SMILES string of the molecule is Cl[Te](Cl)(Cl)c1ccc(Br)cc1. The Labute approximate surface area is 89.0 Å². The van der Waals surface area contributed by atoms with E-state index in [0.29, 0.717) is 0 Å². The summed E-state index contributed by atoms with van der Waals surface area (Å²) >= 11 is 0.150. The van der Waals surface area contributed by atoms with Crippen LogP contribution < -0.4 is 3.61 Å². The van der Waals surface area contributed by atoms with Gasteiger partial charge in [0.05, 0.1) is 0 Å². The van der Waals surface area contributed by atoms with Crippen LogP contribution in [0.25, 0.3) is 0 Å². The zero-order valence-electron chi connectivity index (χ0n) is 5.23. The van der Waals surface area contributed by atoms with Gasteiger partial charge in [-0.1, -0.05) is 0 Å². The van der Waals surface area contributed by atoms with Crippen LogP contribution in [-0.4, -0.2) is 14.8 Å². The first-order valence-corrected chi connectivity index (χ1v) is 13.5. The first-order chi connectivity index (χ1) is 5.00. The molecule has 0 N–H and O–H groups in total. The second kappa shape index (κ2) is 4.05. The summed E-state index contributed by atoms with van der Waals surface area (Å²) < 4.78 is 1.86. The van der Waals surface area contributed by atoms with E-state index in [0.717, 1.165) is 8.08 Å². The summed E-state index contributed by atoms with van der Waals surface area (Å²) in [4.78, 5) is 0. The molecule has 0 radical (unpaired) electrons. The Hall–Kier alpha value is 1.36. The van der Waals surface area contributed by atoms with Gasteiger partial charge in [0.2, 0.25) is 0 Å². The fraction of sp³-hybridized carbons (Fsp3) is 0. The Kier molecular flexibility index (Phi) is 3.84. The molecule has 0 heterocycles. The molecule has 0 saturated heterocycles. The van der Waals surface area contributed by atoms with E-state index in [1.807, 2.05) is 24.3 Å². The fourth-order valence-corrected chi connectivity index (χ4v) is 4.19. The molecule has 0 aliphatic rings. The van der Waals surface area contributed by atoms with Gasteiger partial charge in [-0.15, -0.1) is 0 Å². The van der Waals surface area contributed by atoms with Crippen LogP contribution in [0.3, 0.4) is 0 Å². The van der Waals surface area contributed by atoms with E-state index in [9.17, 15) is 0 Å². The van der Waals surface area contributed by atoms with Crippen LogP contribution in [0.1, 0.15) is 0 Å². The molecule has 0 bridgehead atoms. The monoisotopic (exact) mass is 390 g/mol. The minimum atomic E-state index is -3.15. The molecule has 0 saturated carbocycles. The summed E-state index contributed by atoms with van der Waals surface area (Å²) in [6.07, 6.45) is 0. The Bertz CT molecular complexity index is 241. The minimum absolute atomic E-state index is 0.862. The van der Waals surface area contributed by atoms with Gasteiger partial charge >= 0.3 is 90.0 Å². The molecule has 1 rings (SSSR count). The van der Waals surface area contributed by atoms with E-state index in [1.54, 1.807) is 0 Å². The predicted octanol–water partition coefficient (Wildman–Crippen LogP) is 3.31. The van der Waals surface area contributed by atoms with Gasteiger partial charge in [0.25, 0.3) is 0 Å². The molecule has 0 aromatic heterocycles. The van der Waals surface area contributed by atoms with Crippen molar-refractivity contribution in [3.8, 4) is 0 Å². The van der Waals surface area contributed by atoms with Crippen LogP contribution in [0.5, 0.6) is 0 Å². The number of halogens is 4. The fourth-order valence-electron chi connectivity index (χ4n) is 0.589. The van der Waals surface area contributed by atoms with E-state index in [1.165, 1.54) is 0 Å². The van der Waals surface area contributed by atoms with Gasteiger partial charge in [0, 0.05) is 0 Å². The third kappa shape index (κ3) is 3.30. The molecule has 1 aromatic rings. The zero-order chi connectivity index (χ0) is 8.48. The number of hydrogen-bond donors (Lipinski definition) is 0. The van der Waals surface area contributed by atoms with Crippen molar-refractivity contribution in [3.05, 3.63) is 28.7 Å². The second-order valence-electron chi connectivity index (χ2n) is 1.86. The molecular weight excluding hydrogens is 386 g/mol. The Balaban J connectivity index is 2.99. The van der Waals surface area contributed by atoms with Crippen molar-refractivity contribution in [2.75, 3.05) is 0 Å². The topological polar surface area (TPSA) is 0 Å². The van der Waals surface area contributed by atoms with Gasteiger partial charge in [-0.05, 0) is 0 Å². The van der Waals surface area contributed by atoms with Crippen molar-refractivity contribution in [2.24, 2.45) is 0 Å². The third-order valence-corrected chi connectivity index (χ3v) is 7.50. The molecule has 62 valence electrons. The average Bonchev–Trinajstić information content (AvgIpc) is 1.86. The van der Waals surface area contributed by atoms with E-state index >= 15 is 0 Å². The molecule has 0 amide bonds. The summed E-state index contributed by atoms with van der Waals surface area (Å²) in [7, 11) is 17.4. The number of rotatable bonds is 1. The molecule has 5 heteroatoms. The second-order valence-corrected chi connectivity index (χ2v) is 18.9. The molecule has 0 fully saturated rings. The van der Waals surface area contributed by atoms with Gasteiger partial charge in [-0.3, -0.25) is 0 Å². The molecule has 0 atom stereocenters. The standard InChI is InChI=1S/C6H4BrCl3Te/c7-5-1-3-6(4-2-5)11(8,9)10/h1-4H. The maximum absolute atomic E-state index is 5.82. The maximum atomic E-state index is 5.82. The normalized spacial score (nSPS) is 13.1. The van der Waals surface area contributed by atoms with Crippen molar-refractivity contribution in [3.63, 3.8) is 0 Å². The predicted molar refractivity (Wildman–Crippen MR) is 57.1 cm³/mol. The van der Waals surface area contributed by atoms with E-state index in [4.69, 9.17) is 26.9 Å². The Morgan fingerprint density at radius 3 is 1.82 bits per heavy atom. The van der Waals surface area contributed by atoms with Crippen LogP contribution >= 0.6 is 42.8 Å². The van der Waals surface area contributed by atoms with Crippen molar-refractivity contribution in [2.45, 2.75) is 0 Å². The van der Waals surface area contributed by atoms with Crippen molar-refractivity contribution >= 4 is 61.3 Å². The third-order valence-electron chi connectivity index (χ3n) is 1.08. The van der Waals surface area contributed by atoms with Crippen molar-refractivity contribution in [1.29, 1.82) is 0 Å². The molecular formula is C6H4BrCl3Te. The van der Waals surface area contributed by atoms with Crippen LogP contribution in [0, 0.1) is 0 Å². The first kappa shape index (κ1) is 10.4. The quantitative estimate of drug-likeness (QED) is 0.646. The van der Waals surface area contributed by atoms with Crippen LogP contribution in [-0.2, 0) is 0 Å². The van der Waals surface area contributed by atoms with Crippen molar-refractivity contribution in [1.82, 2.24) is 0 Å². The van der Waals surface area contributed by atoms with Gasteiger partial charge in [-0.2, -0.15) is 0 Å². The van der Waals surface area contributed by atoms with E-state index in [2.05, 4.69) is 15.9 Å². The average molecular weight is 390 g/mol.